The smallest absolute Gasteiger partial charge is 0.414 e. The van der Waals surface area contributed by atoms with Gasteiger partial charge >= 0.3 is 6.09 Å². The molecule has 2 amide bonds. The Bertz CT molecular complexity index is 1170. The van der Waals surface area contributed by atoms with Crippen LogP contribution in [-0.2, 0) is 9.53 Å². The van der Waals surface area contributed by atoms with Gasteiger partial charge in [-0.25, -0.2) is 13.6 Å². The summed E-state index contributed by atoms with van der Waals surface area (Å²) in [5, 5.41) is 2.61. The number of carbonyl (C=O) groups is 2. The molecule has 1 saturated heterocycles. The van der Waals surface area contributed by atoms with Crippen molar-refractivity contribution < 1.29 is 23.1 Å². The topological polar surface area (TPSA) is 87.9 Å². The molecule has 35 heavy (non-hydrogen) atoms. The Morgan fingerprint density at radius 3 is 2.37 bits per heavy atom. The van der Waals surface area contributed by atoms with Gasteiger partial charge in [-0.05, 0) is 54.1 Å². The number of nitrogens with two attached hydrogens (primary N) is 1. The van der Waals surface area contributed by atoms with Crippen LogP contribution in [0.5, 0.6) is 0 Å². The van der Waals surface area contributed by atoms with Crippen LogP contribution in [0.2, 0.25) is 0 Å². The second kappa shape index (κ2) is 11.3. The van der Waals surface area contributed by atoms with Crippen LogP contribution in [0.1, 0.15) is 6.92 Å². The van der Waals surface area contributed by atoms with Gasteiger partial charge in [0.1, 0.15) is 17.7 Å². The molecular weight excluding hydrogens is 454 g/mol. The fourth-order valence-corrected chi connectivity index (χ4v) is 3.45. The standard InChI is InChI=1S/C20H22FN3O3.C6H6FN/c1-13(25)22-11-17-12-24(20(26)27-17)16-8-9-18(19(21)10-16)14-4-6-15(7-5-14)23(2)3;7-5-2-1-3-6(8)4-5/h4-10,17H,11-12H2,1-3H3,(H,22,25);1-4H,8H2. The van der Waals surface area contributed by atoms with Gasteiger partial charge < -0.3 is 20.7 Å². The molecule has 0 aliphatic carbocycles. The number of amides is 2. The molecule has 0 bridgehead atoms. The minimum absolute atomic E-state index is 0.194. The molecule has 3 aromatic carbocycles. The molecule has 1 heterocycles. The zero-order valence-electron chi connectivity index (χ0n) is 19.8. The summed E-state index contributed by atoms with van der Waals surface area (Å²) in [6.45, 7) is 1.89. The Morgan fingerprint density at radius 1 is 1.11 bits per heavy atom. The van der Waals surface area contributed by atoms with Crippen LogP contribution in [0.3, 0.4) is 0 Å². The second-order valence-electron chi connectivity index (χ2n) is 8.21. The van der Waals surface area contributed by atoms with Crippen molar-refractivity contribution >= 4 is 29.1 Å². The Hall–Kier alpha value is -4.14. The van der Waals surface area contributed by atoms with Crippen LogP contribution >= 0.6 is 0 Å². The third-order valence-corrected chi connectivity index (χ3v) is 5.26. The van der Waals surface area contributed by atoms with Crippen molar-refractivity contribution in [3.05, 3.63) is 78.4 Å². The predicted molar refractivity (Wildman–Crippen MR) is 133 cm³/mol. The highest BCUT2D eigenvalue weighted by Crippen LogP contribution is 2.30. The number of carbonyl (C=O) groups excluding carboxylic acids is 2. The molecule has 4 rings (SSSR count). The van der Waals surface area contributed by atoms with E-state index in [9.17, 15) is 18.4 Å². The first-order chi connectivity index (χ1) is 16.6. The zero-order chi connectivity index (χ0) is 25.5. The summed E-state index contributed by atoms with van der Waals surface area (Å²) in [6, 6.07) is 18.1. The number of nitrogens with one attached hydrogen (secondary N) is 1. The molecule has 0 spiro atoms. The molecule has 0 saturated carbocycles. The highest BCUT2D eigenvalue weighted by Gasteiger charge is 2.32. The van der Waals surface area contributed by atoms with Crippen molar-refractivity contribution in [3.63, 3.8) is 0 Å². The summed E-state index contributed by atoms with van der Waals surface area (Å²) in [6.07, 6.45) is -1.00. The van der Waals surface area contributed by atoms with E-state index in [1.54, 1.807) is 24.3 Å². The number of rotatable bonds is 5. The lowest BCUT2D eigenvalue weighted by atomic mass is 10.0. The molecular formula is C26H28F2N4O3. The molecule has 3 aromatic rings. The highest BCUT2D eigenvalue weighted by atomic mass is 19.1. The van der Waals surface area contributed by atoms with Gasteiger partial charge in [0.05, 0.1) is 18.8 Å². The van der Waals surface area contributed by atoms with E-state index in [2.05, 4.69) is 5.32 Å². The van der Waals surface area contributed by atoms with Crippen LogP contribution in [0, 0.1) is 11.6 Å². The first-order valence-corrected chi connectivity index (χ1v) is 10.9. The van der Waals surface area contributed by atoms with Crippen molar-refractivity contribution in [1.82, 2.24) is 5.32 Å². The van der Waals surface area contributed by atoms with Crippen LogP contribution in [0.15, 0.2) is 66.7 Å². The van der Waals surface area contributed by atoms with Gasteiger partial charge in [-0.15, -0.1) is 0 Å². The predicted octanol–water partition coefficient (Wildman–Crippen LogP) is 4.43. The van der Waals surface area contributed by atoms with Gasteiger partial charge in [-0.3, -0.25) is 9.69 Å². The molecule has 7 nitrogen and oxygen atoms in total. The molecule has 184 valence electrons. The first kappa shape index (κ1) is 25.5. The van der Waals surface area contributed by atoms with Crippen molar-refractivity contribution in [2.24, 2.45) is 0 Å². The van der Waals surface area contributed by atoms with E-state index in [0.717, 1.165) is 11.3 Å². The number of anilines is 3. The van der Waals surface area contributed by atoms with Crippen molar-refractivity contribution in [3.8, 4) is 11.1 Å². The van der Waals surface area contributed by atoms with Crippen LogP contribution in [0.4, 0.5) is 30.6 Å². The summed E-state index contributed by atoms with van der Waals surface area (Å²) in [5.41, 5.74) is 8.36. The number of halogens is 2. The number of nitrogens with zero attached hydrogens (tertiary/aromatic N) is 2. The third kappa shape index (κ3) is 6.92. The van der Waals surface area contributed by atoms with Crippen molar-refractivity contribution in [2.45, 2.75) is 13.0 Å². The number of benzene rings is 3. The fraction of sp³-hybridized carbons (Fsp3) is 0.231. The quantitative estimate of drug-likeness (QED) is 0.526. The van der Waals surface area contributed by atoms with E-state index in [1.807, 2.05) is 43.3 Å². The molecule has 1 aliphatic heterocycles. The zero-order valence-corrected chi connectivity index (χ0v) is 19.8. The first-order valence-electron chi connectivity index (χ1n) is 10.9. The van der Waals surface area contributed by atoms with Gasteiger partial charge in [-0.1, -0.05) is 18.2 Å². The average molecular weight is 483 g/mol. The third-order valence-electron chi connectivity index (χ3n) is 5.26. The SMILES string of the molecule is CC(=O)NCC1CN(c2ccc(-c3ccc(N(C)C)cc3)c(F)c2)C(=O)O1.Nc1cccc(F)c1. The van der Waals surface area contributed by atoms with Gasteiger partial charge in [0, 0.05) is 38.0 Å². The van der Waals surface area contributed by atoms with Gasteiger partial charge in [-0.2, -0.15) is 0 Å². The van der Waals surface area contributed by atoms with Gasteiger partial charge in [0.25, 0.3) is 0 Å². The molecule has 1 unspecified atom stereocenters. The summed E-state index contributed by atoms with van der Waals surface area (Å²) in [7, 11) is 3.89. The van der Waals surface area contributed by atoms with E-state index in [0.29, 0.717) is 16.9 Å². The monoisotopic (exact) mass is 482 g/mol. The maximum absolute atomic E-state index is 14.7. The molecule has 0 radical (unpaired) electrons. The Labute approximate surface area is 203 Å². The Morgan fingerprint density at radius 2 is 1.83 bits per heavy atom. The van der Waals surface area contributed by atoms with Crippen LogP contribution in [0.25, 0.3) is 11.1 Å². The van der Waals surface area contributed by atoms with Gasteiger partial charge in [0.2, 0.25) is 5.91 Å². The van der Waals surface area contributed by atoms with Crippen LogP contribution in [-0.4, -0.2) is 45.3 Å². The maximum atomic E-state index is 14.7. The fourth-order valence-electron chi connectivity index (χ4n) is 3.45. The van der Waals surface area contributed by atoms with E-state index < -0.39 is 18.0 Å². The molecule has 9 heteroatoms. The number of hydrogen-bond donors (Lipinski definition) is 2. The minimum Gasteiger partial charge on any atom is -0.442 e. The van der Waals surface area contributed by atoms with E-state index in [-0.39, 0.29) is 24.8 Å². The average Bonchev–Trinajstić information content (AvgIpc) is 3.18. The largest absolute Gasteiger partial charge is 0.442 e. The number of nitrogen functional groups attached to an aromatic ring is 1. The summed E-state index contributed by atoms with van der Waals surface area (Å²) in [4.78, 5) is 26.4. The number of cyclic esters (lactones) is 1. The number of ether oxygens (including phenoxy) is 1. The minimum atomic E-state index is -0.548. The van der Waals surface area contributed by atoms with Crippen LogP contribution < -0.4 is 20.9 Å². The highest BCUT2D eigenvalue weighted by molar-refractivity contribution is 5.90. The summed E-state index contributed by atoms with van der Waals surface area (Å²) in [5.74, 6) is -0.895. The van der Waals surface area contributed by atoms with E-state index in [4.69, 9.17) is 10.5 Å². The molecule has 1 aliphatic rings. The molecule has 0 aromatic heterocycles. The summed E-state index contributed by atoms with van der Waals surface area (Å²) < 4.78 is 32.0. The lowest BCUT2D eigenvalue weighted by Gasteiger charge is -2.15. The molecule has 3 N–H and O–H groups in total. The van der Waals surface area contributed by atoms with Gasteiger partial charge in [0.15, 0.2) is 0 Å². The lowest BCUT2D eigenvalue weighted by molar-refractivity contribution is -0.119. The maximum Gasteiger partial charge on any atom is 0.414 e. The Balaban J connectivity index is 0.000000363. The van der Waals surface area contributed by atoms with Crippen molar-refractivity contribution in [1.29, 1.82) is 0 Å². The molecule has 1 atom stereocenters. The normalized spacial score (nSPS) is 14.6. The second-order valence-corrected chi connectivity index (χ2v) is 8.21. The molecule has 1 fully saturated rings. The lowest BCUT2D eigenvalue weighted by Crippen LogP contribution is -2.33. The number of hydrogen-bond acceptors (Lipinski definition) is 5. The van der Waals surface area contributed by atoms with E-state index in [1.165, 1.54) is 30.0 Å². The summed E-state index contributed by atoms with van der Waals surface area (Å²) >= 11 is 0. The Kier molecular flexibility index (Phi) is 8.25. The van der Waals surface area contributed by atoms with Crippen molar-refractivity contribution in [2.75, 3.05) is 42.7 Å². The van der Waals surface area contributed by atoms with E-state index >= 15 is 0 Å².